The zero-order chi connectivity index (χ0) is 19.6. The van der Waals surface area contributed by atoms with Gasteiger partial charge in [0.05, 0.1) is 0 Å². The average molecular weight is 374 g/mol. The van der Waals surface area contributed by atoms with Gasteiger partial charge in [0.25, 0.3) is 11.8 Å². The molecular formula is C19H19FN2O5. The second kappa shape index (κ2) is 9.91. The van der Waals surface area contributed by atoms with Crippen molar-refractivity contribution in [3.05, 3.63) is 59.9 Å². The molecule has 0 aromatic heterocycles. The number of rotatable bonds is 8. The molecule has 0 saturated heterocycles. The number of anilines is 1. The van der Waals surface area contributed by atoms with Crippen LogP contribution in [0, 0.1) is 5.82 Å². The van der Waals surface area contributed by atoms with Crippen LogP contribution in [0.4, 0.5) is 10.1 Å². The minimum Gasteiger partial charge on any atom is -0.482 e. The monoisotopic (exact) mass is 374 g/mol. The fraction of sp³-hybridized carbons (Fsp3) is 0.211. The number of carbonyl (C=O) groups is 3. The molecule has 2 amide bonds. The van der Waals surface area contributed by atoms with Crippen LogP contribution in [0.1, 0.15) is 17.3 Å². The Bertz CT molecular complexity index is 808. The smallest absolute Gasteiger partial charge is 0.344 e. The summed E-state index contributed by atoms with van der Waals surface area (Å²) in [6.07, 6.45) is 0. The first-order valence-electron chi connectivity index (χ1n) is 8.20. The highest BCUT2D eigenvalue weighted by Crippen LogP contribution is 2.12. The van der Waals surface area contributed by atoms with Gasteiger partial charge < -0.3 is 20.1 Å². The maximum atomic E-state index is 12.8. The summed E-state index contributed by atoms with van der Waals surface area (Å²) in [5.41, 5.74) is 0.807. The van der Waals surface area contributed by atoms with Gasteiger partial charge in [-0.15, -0.1) is 0 Å². The lowest BCUT2D eigenvalue weighted by atomic mass is 10.2. The Morgan fingerprint density at radius 1 is 1.04 bits per heavy atom. The van der Waals surface area contributed by atoms with E-state index >= 15 is 0 Å². The van der Waals surface area contributed by atoms with E-state index in [0.717, 1.165) is 0 Å². The van der Waals surface area contributed by atoms with Crippen molar-refractivity contribution in [2.45, 2.75) is 6.92 Å². The second-order valence-electron chi connectivity index (χ2n) is 5.39. The van der Waals surface area contributed by atoms with Gasteiger partial charge in [-0.25, -0.2) is 9.18 Å². The zero-order valence-electron chi connectivity index (χ0n) is 14.7. The Morgan fingerprint density at radius 2 is 1.78 bits per heavy atom. The van der Waals surface area contributed by atoms with Crippen LogP contribution in [-0.4, -0.2) is 37.5 Å². The van der Waals surface area contributed by atoms with Gasteiger partial charge >= 0.3 is 5.97 Å². The highest BCUT2D eigenvalue weighted by molar-refractivity contribution is 5.97. The molecule has 8 heteroatoms. The SMILES string of the molecule is CCNC(=O)c1cccc(NC(=O)COC(=O)COc2ccc(F)cc2)c1. The molecule has 2 aromatic rings. The fourth-order valence-corrected chi connectivity index (χ4v) is 2.06. The Balaban J connectivity index is 1.77. The number of amides is 2. The molecular weight excluding hydrogens is 355 g/mol. The summed E-state index contributed by atoms with van der Waals surface area (Å²) in [6, 6.07) is 11.5. The van der Waals surface area contributed by atoms with Gasteiger partial charge in [0.15, 0.2) is 13.2 Å². The van der Waals surface area contributed by atoms with E-state index in [-0.39, 0.29) is 5.91 Å². The van der Waals surface area contributed by atoms with E-state index in [4.69, 9.17) is 9.47 Å². The lowest BCUT2D eigenvalue weighted by molar-refractivity contribution is -0.149. The normalized spacial score (nSPS) is 10.0. The molecule has 2 aromatic carbocycles. The topological polar surface area (TPSA) is 93.7 Å². The lowest BCUT2D eigenvalue weighted by Gasteiger charge is -2.09. The predicted molar refractivity (Wildman–Crippen MR) is 95.9 cm³/mol. The van der Waals surface area contributed by atoms with Gasteiger partial charge in [0.2, 0.25) is 0 Å². The van der Waals surface area contributed by atoms with Crippen molar-refractivity contribution in [2.75, 3.05) is 25.1 Å². The Hall–Kier alpha value is -3.42. The quantitative estimate of drug-likeness (QED) is 0.691. The van der Waals surface area contributed by atoms with Gasteiger partial charge in [-0.05, 0) is 49.4 Å². The molecule has 142 valence electrons. The molecule has 7 nitrogen and oxygen atoms in total. The van der Waals surface area contributed by atoms with Gasteiger partial charge in [-0.1, -0.05) is 6.07 Å². The molecule has 27 heavy (non-hydrogen) atoms. The molecule has 2 rings (SSSR count). The number of hydrogen-bond acceptors (Lipinski definition) is 5. The van der Waals surface area contributed by atoms with Crippen molar-refractivity contribution in [3.8, 4) is 5.75 Å². The van der Waals surface area contributed by atoms with Crippen molar-refractivity contribution in [3.63, 3.8) is 0 Å². The molecule has 0 spiro atoms. The molecule has 0 saturated carbocycles. The summed E-state index contributed by atoms with van der Waals surface area (Å²) in [6.45, 7) is 1.38. The third kappa shape index (κ3) is 6.77. The molecule has 0 fully saturated rings. The molecule has 0 unspecified atom stereocenters. The average Bonchev–Trinajstić information content (AvgIpc) is 2.66. The van der Waals surface area contributed by atoms with Crippen molar-refractivity contribution < 1.29 is 28.2 Å². The van der Waals surface area contributed by atoms with Crippen LogP contribution in [0.25, 0.3) is 0 Å². The summed E-state index contributed by atoms with van der Waals surface area (Å²) < 4.78 is 22.7. The number of benzene rings is 2. The van der Waals surface area contributed by atoms with Crippen molar-refractivity contribution in [1.82, 2.24) is 5.32 Å². The summed E-state index contributed by atoms with van der Waals surface area (Å²) in [5.74, 6) is -1.67. The summed E-state index contributed by atoms with van der Waals surface area (Å²) in [4.78, 5) is 35.2. The van der Waals surface area contributed by atoms with Crippen LogP contribution in [0.5, 0.6) is 5.75 Å². The Labute approximate surface area is 155 Å². The van der Waals surface area contributed by atoms with Crippen LogP contribution >= 0.6 is 0 Å². The van der Waals surface area contributed by atoms with Gasteiger partial charge in [0.1, 0.15) is 11.6 Å². The molecule has 0 bridgehead atoms. The van der Waals surface area contributed by atoms with Crippen LogP contribution in [0.2, 0.25) is 0 Å². The first kappa shape index (κ1) is 19.9. The van der Waals surface area contributed by atoms with E-state index in [0.29, 0.717) is 23.5 Å². The van der Waals surface area contributed by atoms with E-state index in [1.807, 2.05) is 0 Å². The first-order chi connectivity index (χ1) is 13.0. The molecule has 0 aliphatic rings. The predicted octanol–water partition coefficient (Wildman–Crippen LogP) is 2.14. The number of ether oxygens (including phenoxy) is 2. The van der Waals surface area contributed by atoms with Crippen molar-refractivity contribution >= 4 is 23.5 Å². The van der Waals surface area contributed by atoms with Crippen LogP contribution in [-0.2, 0) is 14.3 Å². The number of carbonyl (C=O) groups excluding carboxylic acids is 3. The summed E-state index contributed by atoms with van der Waals surface area (Å²) in [5, 5.41) is 5.19. The molecule has 0 heterocycles. The number of nitrogens with one attached hydrogen (secondary N) is 2. The maximum Gasteiger partial charge on any atom is 0.344 e. The minimum atomic E-state index is -0.745. The summed E-state index contributed by atoms with van der Waals surface area (Å²) in [7, 11) is 0. The van der Waals surface area contributed by atoms with Gasteiger partial charge in [-0.2, -0.15) is 0 Å². The number of hydrogen-bond donors (Lipinski definition) is 2. The second-order valence-corrected chi connectivity index (χ2v) is 5.39. The van der Waals surface area contributed by atoms with E-state index < -0.39 is 30.9 Å². The highest BCUT2D eigenvalue weighted by Gasteiger charge is 2.10. The van der Waals surface area contributed by atoms with Gasteiger partial charge in [-0.3, -0.25) is 9.59 Å². The zero-order valence-corrected chi connectivity index (χ0v) is 14.7. The third-order valence-corrected chi connectivity index (χ3v) is 3.28. The van der Waals surface area contributed by atoms with Crippen molar-refractivity contribution in [2.24, 2.45) is 0 Å². The van der Waals surface area contributed by atoms with E-state index in [1.165, 1.54) is 30.3 Å². The summed E-state index contributed by atoms with van der Waals surface area (Å²) >= 11 is 0. The Morgan fingerprint density at radius 3 is 2.48 bits per heavy atom. The molecule has 0 radical (unpaired) electrons. The van der Waals surface area contributed by atoms with Crippen molar-refractivity contribution in [1.29, 1.82) is 0 Å². The van der Waals surface area contributed by atoms with E-state index in [2.05, 4.69) is 10.6 Å². The maximum absolute atomic E-state index is 12.8. The fourth-order valence-electron chi connectivity index (χ4n) is 2.06. The van der Waals surface area contributed by atoms with Gasteiger partial charge in [0, 0.05) is 17.8 Å². The standard InChI is InChI=1S/C19H19FN2O5/c1-2-21-19(25)13-4-3-5-15(10-13)22-17(23)11-27-18(24)12-26-16-8-6-14(20)7-9-16/h3-10H,2,11-12H2,1H3,(H,21,25)(H,22,23). The first-order valence-corrected chi connectivity index (χ1v) is 8.20. The highest BCUT2D eigenvalue weighted by atomic mass is 19.1. The largest absolute Gasteiger partial charge is 0.482 e. The molecule has 0 atom stereocenters. The minimum absolute atomic E-state index is 0.252. The molecule has 0 aliphatic heterocycles. The van der Waals surface area contributed by atoms with Crippen LogP contribution < -0.4 is 15.4 Å². The third-order valence-electron chi connectivity index (χ3n) is 3.28. The van der Waals surface area contributed by atoms with Crippen LogP contribution in [0.3, 0.4) is 0 Å². The molecule has 0 aliphatic carbocycles. The number of halogens is 1. The number of esters is 1. The lowest BCUT2D eigenvalue weighted by Crippen LogP contribution is -2.24. The van der Waals surface area contributed by atoms with E-state index in [1.54, 1.807) is 25.1 Å². The van der Waals surface area contributed by atoms with E-state index in [9.17, 15) is 18.8 Å². The van der Waals surface area contributed by atoms with Crippen LogP contribution in [0.15, 0.2) is 48.5 Å². The Kier molecular flexibility index (Phi) is 7.30. The molecule has 2 N–H and O–H groups in total.